The number of aryl methyl sites for hydroxylation is 1. The lowest BCUT2D eigenvalue weighted by Crippen LogP contribution is -2.43. The summed E-state index contributed by atoms with van der Waals surface area (Å²) in [6, 6.07) is 18.7. The Hall–Kier alpha value is -3.42. The highest BCUT2D eigenvalue weighted by Gasteiger charge is 2.38. The molecule has 7 heteroatoms. The average molecular weight is 560 g/mol. The summed E-state index contributed by atoms with van der Waals surface area (Å²) in [5.74, 6) is 1.40. The molecule has 41 heavy (non-hydrogen) atoms. The number of hydrogen-bond donors (Lipinski definition) is 1. The van der Waals surface area contributed by atoms with Gasteiger partial charge in [0.15, 0.2) is 0 Å². The molecule has 3 aromatic rings. The van der Waals surface area contributed by atoms with Crippen LogP contribution in [-0.4, -0.2) is 55.2 Å². The van der Waals surface area contributed by atoms with E-state index in [1.807, 2.05) is 24.3 Å². The minimum atomic E-state index is -0.178. The van der Waals surface area contributed by atoms with Gasteiger partial charge in [-0.3, -0.25) is 4.79 Å². The number of methoxy groups -OCH3 is 1. The Balaban J connectivity index is 1.47. The van der Waals surface area contributed by atoms with E-state index in [0.717, 1.165) is 36.3 Å². The molecule has 4 rings (SSSR count). The smallest absolute Gasteiger partial charge is 0.228 e. The lowest BCUT2D eigenvalue weighted by Gasteiger charge is -2.32. The Labute approximate surface area is 245 Å². The minimum absolute atomic E-state index is 0.0201. The average Bonchev–Trinajstić information content (AvgIpc) is 3.83. The fourth-order valence-corrected chi connectivity index (χ4v) is 5.07. The molecular formula is C34H45N3O4. The van der Waals surface area contributed by atoms with Gasteiger partial charge in [-0.2, -0.15) is 0 Å². The van der Waals surface area contributed by atoms with Crippen molar-refractivity contribution >= 4 is 5.91 Å². The number of nitrogens with one attached hydrogen (secondary N) is 1. The number of aromatic nitrogens is 1. The third-order valence-corrected chi connectivity index (χ3v) is 7.99. The van der Waals surface area contributed by atoms with E-state index in [4.69, 9.17) is 14.2 Å². The van der Waals surface area contributed by atoms with Crippen LogP contribution in [0.15, 0.2) is 60.8 Å². The Bertz CT molecular complexity index is 1280. The highest BCUT2D eigenvalue weighted by atomic mass is 16.5. The molecule has 2 atom stereocenters. The van der Waals surface area contributed by atoms with Crippen LogP contribution in [-0.2, 0) is 22.7 Å². The molecule has 1 saturated carbocycles. The van der Waals surface area contributed by atoms with Crippen LogP contribution in [0.1, 0.15) is 60.4 Å². The first-order valence-corrected chi connectivity index (χ1v) is 14.8. The summed E-state index contributed by atoms with van der Waals surface area (Å²) in [5, 5.41) is 3.46. The summed E-state index contributed by atoms with van der Waals surface area (Å²) >= 11 is 0. The minimum Gasteiger partial charge on any atom is -0.489 e. The molecule has 1 aromatic heterocycles. The maximum atomic E-state index is 14.2. The van der Waals surface area contributed by atoms with Crippen molar-refractivity contribution in [2.24, 2.45) is 5.92 Å². The van der Waals surface area contributed by atoms with Crippen LogP contribution in [0.3, 0.4) is 0 Å². The van der Waals surface area contributed by atoms with Gasteiger partial charge in [0, 0.05) is 38.5 Å². The van der Waals surface area contributed by atoms with Crippen molar-refractivity contribution in [3.63, 3.8) is 0 Å². The SMILES string of the molecule is CCNC[C@H](C(=O)N(Cc1cccc(C)c1C)C1CC1)[C@H](C)c1cccc(OCc2ccnc(OCCOC)c2)c1. The second kappa shape index (κ2) is 15.0. The Kier molecular flexibility index (Phi) is 11.2. The van der Waals surface area contributed by atoms with E-state index in [2.05, 4.69) is 73.2 Å². The number of carbonyl (C=O) groups is 1. The second-order valence-electron chi connectivity index (χ2n) is 11.0. The van der Waals surface area contributed by atoms with Crippen molar-refractivity contribution in [2.75, 3.05) is 33.4 Å². The van der Waals surface area contributed by atoms with Crippen molar-refractivity contribution in [1.82, 2.24) is 15.2 Å². The molecule has 0 aliphatic heterocycles. The normalized spacial score (nSPS) is 14.4. The highest BCUT2D eigenvalue weighted by molar-refractivity contribution is 5.81. The topological polar surface area (TPSA) is 72.9 Å². The highest BCUT2D eigenvalue weighted by Crippen LogP contribution is 2.35. The predicted molar refractivity (Wildman–Crippen MR) is 162 cm³/mol. The molecule has 1 fully saturated rings. The van der Waals surface area contributed by atoms with Crippen LogP contribution in [0.2, 0.25) is 0 Å². The Morgan fingerprint density at radius 3 is 2.63 bits per heavy atom. The van der Waals surface area contributed by atoms with Gasteiger partial charge in [0.2, 0.25) is 11.8 Å². The summed E-state index contributed by atoms with van der Waals surface area (Å²) < 4.78 is 16.8. The van der Waals surface area contributed by atoms with Gasteiger partial charge in [-0.25, -0.2) is 4.98 Å². The van der Waals surface area contributed by atoms with Gasteiger partial charge in [-0.1, -0.05) is 44.2 Å². The number of nitrogens with zero attached hydrogens (tertiary/aromatic N) is 2. The number of ether oxygens (including phenoxy) is 3. The zero-order valence-corrected chi connectivity index (χ0v) is 25.2. The van der Waals surface area contributed by atoms with E-state index < -0.39 is 0 Å². The monoisotopic (exact) mass is 559 g/mol. The van der Waals surface area contributed by atoms with Crippen LogP contribution in [0.4, 0.5) is 0 Å². The third kappa shape index (κ3) is 8.54. The number of amides is 1. The standard InChI is InChI=1S/C34H45N3O4/c1-6-35-21-32(34(38)37(30-13-14-30)22-29-11-7-9-24(2)25(29)3)26(4)28-10-8-12-31(20-28)41-23-27-15-16-36-33(19-27)40-18-17-39-5/h7-12,15-16,19-20,26,30,32,35H,6,13-14,17-18,21-23H2,1-5H3/t26-,32+/m1/s1. The number of pyridine rings is 1. The van der Waals surface area contributed by atoms with Crippen molar-refractivity contribution in [1.29, 1.82) is 0 Å². The zero-order chi connectivity index (χ0) is 29.2. The van der Waals surface area contributed by atoms with E-state index in [1.54, 1.807) is 13.3 Å². The first-order valence-electron chi connectivity index (χ1n) is 14.8. The lowest BCUT2D eigenvalue weighted by molar-refractivity contribution is -0.137. The van der Waals surface area contributed by atoms with Gasteiger partial charge in [0.1, 0.15) is 19.0 Å². The molecule has 0 bridgehead atoms. The van der Waals surface area contributed by atoms with Gasteiger partial charge in [-0.05, 0) is 85.2 Å². The summed E-state index contributed by atoms with van der Waals surface area (Å²) in [6.45, 7) is 12.0. The molecule has 0 unspecified atom stereocenters. The van der Waals surface area contributed by atoms with Crippen LogP contribution in [0.5, 0.6) is 11.6 Å². The lowest BCUT2D eigenvalue weighted by atomic mass is 9.86. The van der Waals surface area contributed by atoms with Gasteiger partial charge < -0.3 is 24.4 Å². The molecule has 7 nitrogen and oxygen atoms in total. The fourth-order valence-electron chi connectivity index (χ4n) is 5.07. The van der Waals surface area contributed by atoms with Crippen molar-refractivity contribution in [3.8, 4) is 11.6 Å². The molecular weight excluding hydrogens is 514 g/mol. The Morgan fingerprint density at radius 1 is 1.07 bits per heavy atom. The summed E-state index contributed by atoms with van der Waals surface area (Å²) in [6.07, 6.45) is 3.88. The molecule has 1 amide bonds. The molecule has 220 valence electrons. The number of carbonyl (C=O) groups excluding carboxylic acids is 1. The third-order valence-electron chi connectivity index (χ3n) is 7.99. The van der Waals surface area contributed by atoms with Gasteiger partial charge in [0.25, 0.3) is 0 Å². The van der Waals surface area contributed by atoms with Gasteiger partial charge in [0.05, 0.1) is 12.5 Å². The largest absolute Gasteiger partial charge is 0.489 e. The van der Waals surface area contributed by atoms with Gasteiger partial charge >= 0.3 is 0 Å². The molecule has 1 aliphatic carbocycles. The first-order chi connectivity index (χ1) is 19.9. The molecule has 0 spiro atoms. The molecule has 0 radical (unpaired) electrons. The summed E-state index contributed by atoms with van der Waals surface area (Å²) in [5.41, 5.74) is 5.84. The second-order valence-corrected chi connectivity index (χ2v) is 11.0. The molecule has 1 aliphatic rings. The molecule has 2 aromatic carbocycles. The molecule has 1 N–H and O–H groups in total. The van der Waals surface area contributed by atoms with E-state index in [-0.39, 0.29) is 17.7 Å². The van der Waals surface area contributed by atoms with Gasteiger partial charge in [-0.15, -0.1) is 0 Å². The van der Waals surface area contributed by atoms with E-state index in [9.17, 15) is 4.79 Å². The van der Waals surface area contributed by atoms with Crippen molar-refractivity contribution < 1.29 is 19.0 Å². The predicted octanol–water partition coefficient (Wildman–Crippen LogP) is 5.82. The first kappa shape index (κ1) is 30.5. The van der Waals surface area contributed by atoms with Crippen LogP contribution in [0, 0.1) is 19.8 Å². The molecule has 1 heterocycles. The number of rotatable bonds is 16. The maximum absolute atomic E-state index is 14.2. The van der Waals surface area contributed by atoms with Crippen LogP contribution < -0.4 is 14.8 Å². The van der Waals surface area contributed by atoms with E-state index in [0.29, 0.717) is 44.8 Å². The van der Waals surface area contributed by atoms with Crippen LogP contribution in [0.25, 0.3) is 0 Å². The summed E-state index contributed by atoms with van der Waals surface area (Å²) in [7, 11) is 1.64. The van der Waals surface area contributed by atoms with Crippen molar-refractivity contribution in [2.45, 2.75) is 65.6 Å². The molecule has 0 saturated heterocycles. The quantitative estimate of drug-likeness (QED) is 0.223. The van der Waals surface area contributed by atoms with E-state index >= 15 is 0 Å². The number of hydrogen-bond acceptors (Lipinski definition) is 6. The van der Waals surface area contributed by atoms with Crippen LogP contribution >= 0.6 is 0 Å². The zero-order valence-electron chi connectivity index (χ0n) is 25.2. The van der Waals surface area contributed by atoms with Crippen molar-refractivity contribution in [3.05, 3.63) is 88.6 Å². The summed E-state index contributed by atoms with van der Waals surface area (Å²) in [4.78, 5) is 20.6. The maximum Gasteiger partial charge on any atom is 0.228 e. The number of benzene rings is 2. The fraction of sp³-hybridized carbons (Fsp3) is 0.471. The Morgan fingerprint density at radius 2 is 1.88 bits per heavy atom. The van der Waals surface area contributed by atoms with E-state index in [1.165, 1.54) is 16.7 Å².